The number of hydrogen-bond donors (Lipinski definition) is 2. The third kappa shape index (κ3) is 3.85. The Morgan fingerprint density at radius 2 is 1.76 bits per heavy atom. The molecule has 1 spiro atoms. The number of benzene rings is 2. The molecule has 0 radical (unpaired) electrons. The summed E-state index contributed by atoms with van der Waals surface area (Å²) in [6.07, 6.45) is 0.770. The average Bonchev–Trinajstić information content (AvgIpc) is 3.00. The molecule has 8 heteroatoms. The van der Waals surface area contributed by atoms with Gasteiger partial charge in [0.25, 0.3) is 11.8 Å². The van der Waals surface area contributed by atoms with Gasteiger partial charge in [0.15, 0.2) is 0 Å². The van der Waals surface area contributed by atoms with Gasteiger partial charge in [0, 0.05) is 23.1 Å². The van der Waals surface area contributed by atoms with E-state index in [0.717, 1.165) is 10.0 Å². The van der Waals surface area contributed by atoms with Gasteiger partial charge < -0.3 is 15.0 Å². The number of halogens is 1. The van der Waals surface area contributed by atoms with E-state index in [1.807, 2.05) is 30.3 Å². The Morgan fingerprint density at radius 3 is 2.45 bits per heavy atom. The molecule has 2 aromatic carbocycles. The van der Waals surface area contributed by atoms with Gasteiger partial charge in [0.1, 0.15) is 17.9 Å². The number of ether oxygens (including phenoxy) is 1. The van der Waals surface area contributed by atoms with Crippen molar-refractivity contribution in [2.24, 2.45) is 0 Å². The summed E-state index contributed by atoms with van der Waals surface area (Å²) in [5, 5.41) is 4.99. The van der Waals surface area contributed by atoms with Gasteiger partial charge in [-0.25, -0.2) is 4.79 Å². The van der Waals surface area contributed by atoms with Crippen molar-refractivity contribution in [2.45, 2.75) is 25.0 Å². The van der Waals surface area contributed by atoms with Crippen molar-refractivity contribution in [1.29, 1.82) is 0 Å². The Hall–Kier alpha value is -2.87. The molecule has 0 aliphatic carbocycles. The highest BCUT2D eigenvalue weighted by Gasteiger charge is 2.48. The second-order valence-electron chi connectivity index (χ2n) is 7.16. The first-order valence-electron chi connectivity index (χ1n) is 9.37. The van der Waals surface area contributed by atoms with Crippen molar-refractivity contribution in [3.05, 3.63) is 64.1 Å². The Labute approximate surface area is 176 Å². The highest BCUT2D eigenvalue weighted by Crippen LogP contribution is 2.29. The lowest BCUT2D eigenvalue weighted by molar-refractivity contribution is -0.125. The molecular weight excluding hydrogens is 438 g/mol. The second-order valence-corrected chi connectivity index (χ2v) is 8.01. The van der Waals surface area contributed by atoms with Gasteiger partial charge in [-0.3, -0.25) is 14.9 Å². The van der Waals surface area contributed by atoms with Crippen molar-refractivity contribution in [2.75, 3.05) is 13.1 Å². The van der Waals surface area contributed by atoms with E-state index in [-0.39, 0.29) is 11.8 Å². The highest BCUT2D eigenvalue weighted by atomic mass is 79.9. The zero-order valence-electron chi connectivity index (χ0n) is 15.6. The highest BCUT2D eigenvalue weighted by molar-refractivity contribution is 9.10. The summed E-state index contributed by atoms with van der Waals surface area (Å²) in [5.74, 6) is 0.0551. The molecular formula is C21H20BrN3O4. The van der Waals surface area contributed by atoms with Crippen LogP contribution in [0.15, 0.2) is 53.0 Å². The van der Waals surface area contributed by atoms with Crippen LogP contribution in [0.1, 0.15) is 28.8 Å². The number of piperidine rings is 1. The SMILES string of the molecule is O=C1NC(=O)C2(CCN(C(=O)c3ccccc3OCc3ccccc3Br)CC2)N1. The number of nitrogens with one attached hydrogen (secondary N) is 2. The number of urea groups is 1. The Morgan fingerprint density at radius 1 is 1.07 bits per heavy atom. The Balaban J connectivity index is 1.45. The van der Waals surface area contributed by atoms with E-state index < -0.39 is 11.6 Å². The van der Waals surface area contributed by atoms with E-state index in [1.54, 1.807) is 23.1 Å². The molecule has 29 heavy (non-hydrogen) atoms. The van der Waals surface area contributed by atoms with Crippen LogP contribution in [0.5, 0.6) is 5.75 Å². The van der Waals surface area contributed by atoms with Crippen LogP contribution in [0.2, 0.25) is 0 Å². The van der Waals surface area contributed by atoms with Crippen LogP contribution in [-0.4, -0.2) is 41.4 Å². The fourth-order valence-corrected chi connectivity index (χ4v) is 4.08. The molecule has 2 aliphatic heterocycles. The van der Waals surface area contributed by atoms with Gasteiger partial charge in [-0.1, -0.05) is 46.3 Å². The van der Waals surface area contributed by atoms with Crippen molar-refractivity contribution < 1.29 is 19.1 Å². The summed E-state index contributed by atoms with van der Waals surface area (Å²) in [6, 6.07) is 14.4. The Bertz CT molecular complexity index is 970. The summed E-state index contributed by atoms with van der Waals surface area (Å²) in [4.78, 5) is 38.4. The Kier molecular flexibility index (Phi) is 5.27. The number of likely N-dealkylation sites (tertiary alicyclic amines) is 1. The minimum atomic E-state index is -0.899. The van der Waals surface area contributed by atoms with Crippen LogP contribution >= 0.6 is 15.9 Å². The molecule has 2 fully saturated rings. The zero-order chi connectivity index (χ0) is 20.4. The van der Waals surface area contributed by atoms with Crippen LogP contribution < -0.4 is 15.4 Å². The molecule has 7 nitrogen and oxygen atoms in total. The van der Waals surface area contributed by atoms with Crippen LogP contribution in [0.4, 0.5) is 4.79 Å². The largest absolute Gasteiger partial charge is 0.488 e. The maximum atomic E-state index is 13.1. The molecule has 4 rings (SSSR count). The number of para-hydroxylation sites is 1. The molecule has 2 heterocycles. The third-order valence-electron chi connectivity index (χ3n) is 5.38. The second kappa shape index (κ2) is 7.87. The zero-order valence-corrected chi connectivity index (χ0v) is 17.2. The maximum Gasteiger partial charge on any atom is 0.322 e. The number of hydrogen-bond acceptors (Lipinski definition) is 4. The van der Waals surface area contributed by atoms with E-state index in [2.05, 4.69) is 26.6 Å². The number of carbonyl (C=O) groups excluding carboxylic acids is 3. The van der Waals surface area contributed by atoms with Crippen molar-refractivity contribution in [3.63, 3.8) is 0 Å². The quantitative estimate of drug-likeness (QED) is 0.690. The first-order valence-corrected chi connectivity index (χ1v) is 10.2. The minimum absolute atomic E-state index is 0.146. The van der Waals surface area contributed by atoms with E-state index in [4.69, 9.17) is 4.74 Å². The number of nitrogens with zero attached hydrogens (tertiary/aromatic N) is 1. The van der Waals surface area contributed by atoms with Crippen molar-refractivity contribution in [3.8, 4) is 5.75 Å². The minimum Gasteiger partial charge on any atom is -0.488 e. The molecule has 0 unspecified atom stereocenters. The fraction of sp³-hybridized carbons (Fsp3) is 0.286. The average molecular weight is 458 g/mol. The van der Waals surface area contributed by atoms with Crippen LogP contribution in [0.3, 0.4) is 0 Å². The van der Waals surface area contributed by atoms with Gasteiger partial charge in [-0.05, 0) is 31.0 Å². The first-order chi connectivity index (χ1) is 14.0. The predicted molar refractivity (Wildman–Crippen MR) is 109 cm³/mol. The molecule has 2 aliphatic rings. The van der Waals surface area contributed by atoms with Gasteiger partial charge in [0.05, 0.1) is 5.56 Å². The van der Waals surface area contributed by atoms with E-state index in [1.165, 1.54) is 0 Å². The number of imide groups is 1. The normalized spacial score (nSPS) is 17.8. The lowest BCUT2D eigenvalue weighted by Crippen LogP contribution is -2.55. The van der Waals surface area contributed by atoms with Gasteiger partial charge in [-0.15, -0.1) is 0 Å². The summed E-state index contributed by atoms with van der Waals surface area (Å²) >= 11 is 3.50. The molecule has 0 atom stereocenters. The van der Waals surface area contributed by atoms with Crippen LogP contribution in [0, 0.1) is 0 Å². The van der Waals surface area contributed by atoms with Gasteiger partial charge >= 0.3 is 6.03 Å². The smallest absolute Gasteiger partial charge is 0.322 e. The standard InChI is InChI=1S/C21H20BrN3O4/c22-16-7-3-1-5-14(16)13-29-17-8-4-2-6-15(17)18(26)25-11-9-21(10-12-25)19(27)23-20(28)24-21/h1-8H,9-13H2,(H2,23,24,27,28). The molecule has 2 aromatic rings. The van der Waals surface area contributed by atoms with Gasteiger partial charge in [-0.2, -0.15) is 0 Å². The molecule has 150 valence electrons. The molecule has 4 amide bonds. The molecule has 0 bridgehead atoms. The van der Waals surface area contributed by atoms with E-state index >= 15 is 0 Å². The number of amides is 4. The fourth-order valence-electron chi connectivity index (χ4n) is 3.68. The van der Waals surface area contributed by atoms with Gasteiger partial charge in [0.2, 0.25) is 0 Å². The van der Waals surface area contributed by atoms with Crippen molar-refractivity contribution >= 4 is 33.8 Å². The summed E-state index contributed by atoms with van der Waals surface area (Å²) < 4.78 is 6.89. The van der Waals surface area contributed by atoms with E-state index in [9.17, 15) is 14.4 Å². The third-order valence-corrected chi connectivity index (χ3v) is 6.15. The predicted octanol–water partition coefficient (Wildman–Crippen LogP) is 2.84. The summed E-state index contributed by atoms with van der Waals surface area (Å²) in [6.45, 7) is 1.09. The monoisotopic (exact) mass is 457 g/mol. The summed E-state index contributed by atoms with van der Waals surface area (Å²) in [5.41, 5.74) is 0.566. The van der Waals surface area contributed by atoms with E-state index in [0.29, 0.717) is 43.9 Å². The van der Waals surface area contributed by atoms with Crippen LogP contribution in [0.25, 0.3) is 0 Å². The van der Waals surface area contributed by atoms with Crippen LogP contribution in [-0.2, 0) is 11.4 Å². The summed E-state index contributed by atoms with van der Waals surface area (Å²) in [7, 11) is 0. The van der Waals surface area contributed by atoms with Crippen molar-refractivity contribution in [1.82, 2.24) is 15.5 Å². The lowest BCUT2D eigenvalue weighted by Gasteiger charge is -2.37. The molecule has 0 aromatic heterocycles. The molecule has 2 N–H and O–H groups in total. The number of carbonyl (C=O) groups is 3. The maximum absolute atomic E-state index is 13.1. The molecule has 2 saturated heterocycles. The number of rotatable bonds is 4. The molecule has 0 saturated carbocycles. The first kappa shape index (κ1) is 19.4. The lowest BCUT2D eigenvalue weighted by atomic mass is 9.87. The topological polar surface area (TPSA) is 87.7 Å².